The first-order valence-corrected chi connectivity index (χ1v) is 20.1. The predicted octanol–water partition coefficient (Wildman–Crippen LogP) is 9.90. The van der Waals surface area contributed by atoms with Gasteiger partial charge in [-0.2, -0.15) is 0 Å². The Kier molecular flexibility index (Phi) is 11.8. The van der Waals surface area contributed by atoms with Crippen molar-refractivity contribution < 1.29 is 14.3 Å². The molecule has 6 rings (SSSR count). The van der Waals surface area contributed by atoms with E-state index in [1.54, 1.807) is 6.20 Å². The molecule has 3 heterocycles. The first kappa shape index (κ1) is 39.1. The average molecular weight is 761 g/mol. The second-order valence-electron chi connectivity index (χ2n) is 16.4. The topological polar surface area (TPSA) is 87.1 Å². The molecule has 1 aliphatic carbocycles. The van der Waals surface area contributed by atoms with Crippen molar-refractivity contribution in [2.45, 2.75) is 109 Å². The number of nitrogens with zero attached hydrogens (tertiary/aromatic N) is 4. The number of piperidine rings is 1. The fourth-order valence-electron chi connectivity index (χ4n) is 8.31. The number of carbonyl (C=O) groups is 2. The van der Waals surface area contributed by atoms with Gasteiger partial charge in [-0.3, -0.25) is 19.7 Å². The minimum atomic E-state index is -1.01. The van der Waals surface area contributed by atoms with Crippen LogP contribution in [0.2, 0.25) is 10.0 Å². The summed E-state index contributed by atoms with van der Waals surface area (Å²) in [4.78, 5) is 42.5. The quantitative estimate of drug-likeness (QED) is 0.235. The Balaban J connectivity index is 1.37. The number of likely N-dealkylation sites (tertiary alicyclic amines) is 1. The Morgan fingerprint density at radius 3 is 2.08 bits per heavy atom. The molecule has 0 spiro atoms. The third-order valence-electron chi connectivity index (χ3n) is 11.8. The zero-order valence-electron chi connectivity index (χ0n) is 32.2. The van der Waals surface area contributed by atoms with Crippen LogP contribution in [-0.2, 0) is 21.3 Å². The number of rotatable bonds is 9. The summed E-state index contributed by atoms with van der Waals surface area (Å²) in [5.74, 6) is 2.06. The van der Waals surface area contributed by atoms with E-state index in [4.69, 9.17) is 37.9 Å². The number of amidine groups is 1. The van der Waals surface area contributed by atoms with Crippen LogP contribution in [0.1, 0.15) is 115 Å². The van der Waals surface area contributed by atoms with E-state index < -0.39 is 11.1 Å². The van der Waals surface area contributed by atoms with Gasteiger partial charge in [0.05, 0.1) is 12.2 Å². The molecule has 3 aliphatic rings. The van der Waals surface area contributed by atoms with Gasteiger partial charge in [0.15, 0.2) is 0 Å². The zero-order chi connectivity index (χ0) is 38.0. The molecule has 1 saturated carbocycles. The molecule has 2 fully saturated rings. The van der Waals surface area contributed by atoms with Crippen molar-refractivity contribution in [3.8, 4) is 5.75 Å². The van der Waals surface area contributed by atoms with Crippen LogP contribution in [0.3, 0.4) is 0 Å². The maximum Gasteiger partial charge on any atom is 0.326 e. The van der Waals surface area contributed by atoms with E-state index >= 15 is 4.79 Å². The molecule has 2 aromatic carbocycles. The maximum absolute atomic E-state index is 15.3. The predicted molar refractivity (Wildman–Crippen MR) is 214 cm³/mol. The molecular weight excluding hydrogens is 705 g/mol. The first-order valence-electron chi connectivity index (χ1n) is 19.4. The number of pyridine rings is 1. The summed E-state index contributed by atoms with van der Waals surface area (Å²) in [7, 11) is 0. The van der Waals surface area contributed by atoms with E-state index in [1.807, 2.05) is 71.3 Å². The standard InChI is InChI=1S/C43H55Cl2N5O3/c1-7-53-36-26-37(41(2,3)4)46-28-35(36)39-48-42(5,31-13-17-33(44)18-14-31)43(6,32-15-19-34(45)20-16-32)50(39)40(52)49-23-21-29(22-24-49)25-38(51)47-27-30-11-9-8-10-12-30/h13-20,26,28-30H,7-12,21-25,27H2,1-6H3,(H,47,51)/t42-,43+/m0/s1. The lowest BCUT2D eigenvalue weighted by Crippen LogP contribution is -2.59. The van der Waals surface area contributed by atoms with E-state index in [9.17, 15) is 4.79 Å². The number of aliphatic imine (C=N–C) groups is 1. The van der Waals surface area contributed by atoms with Crippen molar-refractivity contribution in [2.24, 2.45) is 16.8 Å². The van der Waals surface area contributed by atoms with Crippen LogP contribution < -0.4 is 10.1 Å². The van der Waals surface area contributed by atoms with Crippen molar-refractivity contribution in [3.63, 3.8) is 0 Å². The monoisotopic (exact) mass is 759 g/mol. The molecule has 0 unspecified atom stereocenters. The fourth-order valence-corrected chi connectivity index (χ4v) is 8.56. The molecule has 3 amide bonds. The number of halogens is 2. The second kappa shape index (κ2) is 16.0. The highest BCUT2D eigenvalue weighted by molar-refractivity contribution is 6.30. The van der Waals surface area contributed by atoms with E-state index in [2.05, 4.69) is 39.9 Å². The molecule has 8 nitrogen and oxygen atoms in total. The second-order valence-corrected chi connectivity index (χ2v) is 17.3. The molecular formula is C43H55Cl2N5O3. The van der Waals surface area contributed by atoms with Crippen molar-refractivity contribution in [3.05, 3.63) is 93.2 Å². The number of urea groups is 1. The maximum atomic E-state index is 15.3. The number of hydrogen-bond acceptors (Lipinski definition) is 5. The summed E-state index contributed by atoms with van der Waals surface area (Å²) in [6.07, 6.45) is 10.0. The lowest BCUT2D eigenvalue weighted by molar-refractivity contribution is -0.122. The Morgan fingerprint density at radius 1 is 0.887 bits per heavy atom. The van der Waals surface area contributed by atoms with Crippen molar-refractivity contribution in [1.82, 2.24) is 20.1 Å². The Labute approximate surface area is 325 Å². The van der Waals surface area contributed by atoms with Crippen molar-refractivity contribution in [1.29, 1.82) is 0 Å². The highest BCUT2D eigenvalue weighted by Gasteiger charge is 2.60. The molecule has 0 radical (unpaired) electrons. The number of benzene rings is 2. The highest BCUT2D eigenvalue weighted by Crippen LogP contribution is 2.54. The van der Waals surface area contributed by atoms with Gasteiger partial charge in [-0.05, 0) is 93.7 Å². The van der Waals surface area contributed by atoms with Crippen molar-refractivity contribution in [2.75, 3.05) is 26.2 Å². The summed E-state index contributed by atoms with van der Waals surface area (Å²) >= 11 is 12.9. The van der Waals surface area contributed by atoms with Gasteiger partial charge >= 0.3 is 6.03 Å². The number of nitrogens with one attached hydrogen (secondary N) is 1. The van der Waals surface area contributed by atoms with Crippen LogP contribution in [0.15, 0.2) is 65.8 Å². The fraction of sp³-hybridized carbons (Fsp3) is 0.535. The summed E-state index contributed by atoms with van der Waals surface area (Å²) in [6.45, 7) is 14.8. The normalized spacial score (nSPS) is 22.8. The lowest BCUT2D eigenvalue weighted by atomic mass is 9.71. The number of amides is 3. The lowest BCUT2D eigenvalue weighted by Gasteiger charge is -2.47. The Bertz CT molecular complexity index is 1790. The van der Waals surface area contributed by atoms with Gasteiger partial charge in [-0.15, -0.1) is 0 Å². The van der Waals surface area contributed by atoms with Crippen LogP contribution >= 0.6 is 23.2 Å². The van der Waals surface area contributed by atoms with Crippen LogP contribution in [0.5, 0.6) is 5.75 Å². The molecule has 1 N–H and O–H groups in total. The van der Waals surface area contributed by atoms with Gasteiger partial charge in [-0.25, -0.2) is 4.79 Å². The minimum Gasteiger partial charge on any atom is -0.493 e. The molecule has 284 valence electrons. The van der Waals surface area contributed by atoms with Gasteiger partial charge in [0.1, 0.15) is 22.7 Å². The van der Waals surface area contributed by atoms with E-state index in [-0.39, 0.29) is 23.3 Å². The van der Waals surface area contributed by atoms with E-state index in [0.717, 1.165) is 36.2 Å². The van der Waals surface area contributed by atoms with Gasteiger partial charge in [0, 0.05) is 59.5 Å². The largest absolute Gasteiger partial charge is 0.493 e. The molecule has 0 bridgehead atoms. The van der Waals surface area contributed by atoms with E-state index in [1.165, 1.54) is 32.1 Å². The molecule has 2 aliphatic heterocycles. The Hall–Kier alpha value is -3.62. The van der Waals surface area contributed by atoms with Gasteiger partial charge < -0.3 is 15.0 Å². The highest BCUT2D eigenvalue weighted by atomic mass is 35.5. The van der Waals surface area contributed by atoms with Crippen LogP contribution in [0, 0.1) is 11.8 Å². The smallest absolute Gasteiger partial charge is 0.326 e. The number of aromatic nitrogens is 1. The SMILES string of the molecule is CCOc1cc(C(C)(C)C)ncc1C1=N[C@@](C)(c2ccc(Cl)cc2)[C@@](C)(c2ccc(Cl)cc2)N1C(=O)N1CCC(CC(=O)NCC2CCCCC2)CC1. The minimum absolute atomic E-state index is 0.123. The summed E-state index contributed by atoms with van der Waals surface area (Å²) in [6, 6.07) is 17.2. The van der Waals surface area contributed by atoms with Crippen molar-refractivity contribution >= 4 is 41.0 Å². The summed E-state index contributed by atoms with van der Waals surface area (Å²) in [5, 5.41) is 4.44. The molecule has 3 aromatic rings. The van der Waals surface area contributed by atoms with E-state index in [0.29, 0.717) is 59.2 Å². The number of hydrogen-bond donors (Lipinski definition) is 1. The number of carbonyl (C=O) groups excluding carboxylic acids is 2. The molecule has 53 heavy (non-hydrogen) atoms. The van der Waals surface area contributed by atoms with Crippen LogP contribution in [0.4, 0.5) is 4.79 Å². The number of ether oxygens (including phenoxy) is 1. The molecule has 1 aromatic heterocycles. The zero-order valence-corrected chi connectivity index (χ0v) is 33.7. The summed E-state index contributed by atoms with van der Waals surface area (Å²) < 4.78 is 6.30. The third-order valence-corrected chi connectivity index (χ3v) is 12.3. The first-order chi connectivity index (χ1) is 25.2. The van der Waals surface area contributed by atoms with Crippen LogP contribution in [-0.4, -0.2) is 58.8 Å². The molecule has 10 heteroatoms. The molecule has 2 atom stereocenters. The third kappa shape index (κ3) is 8.10. The molecule has 1 saturated heterocycles. The van der Waals surface area contributed by atoms with Gasteiger partial charge in [0.25, 0.3) is 0 Å². The summed E-state index contributed by atoms with van der Waals surface area (Å²) in [5.41, 5.74) is 1.12. The van der Waals surface area contributed by atoms with Gasteiger partial charge in [0.2, 0.25) is 5.91 Å². The van der Waals surface area contributed by atoms with Gasteiger partial charge in [-0.1, -0.05) is 87.5 Å². The van der Waals surface area contributed by atoms with Crippen LogP contribution in [0.25, 0.3) is 0 Å². The average Bonchev–Trinajstić information content (AvgIpc) is 3.39. The Morgan fingerprint density at radius 2 is 1.49 bits per heavy atom.